The van der Waals surface area contributed by atoms with Crippen LogP contribution in [0.4, 0.5) is 5.82 Å². The summed E-state index contributed by atoms with van der Waals surface area (Å²) >= 11 is 0. The van der Waals surface area contributed by atoms with Gasteiger partial charge in [0.1, 0.15) is 5.82 Å². The molecule has 22 heavy (non-hydrogen) atoms. The molecule has 2 aliphatic rings. The van der Waals surface area contributed by atoms with Gasteiger partial charge in [0.05, 0.1) is 25.0 Å². The number of aliphatic imine (C=N–C) groups is 2. The highest BCUT2D eigenvalue weighted by molar-refractivity contribution is 6.45. The second kappa shape index (κ2) is 5.06. The summed E-state index contributed by atoms with van der Waals surface area (Å²) in [6.45, 7) is 0.673. The highest BCUT2D eigenvalue weighted by atomic mass is 15.3. The monoisotopic (exact) mass is 294 g/mol. The lowest BCUT2D eigenvalue weighted by molar-refractivity contribution is 0.458. The van der Waals surface area contributed by atoms with Crippen molar-refractivity contribution in [3.8, 4) is 0 Å². The quantitative estimate of drug-likeness (QED) is 0.892. The normalized spacial score (nSPS) is 19.7. The number of hydrogen-bond acceptors (Lipinski definition) is 7. The largest absolute Gasteiger partial charge is 0.321 e. The molecule has 1 N–H and O–H groups in total. The summed E-state index contributed by atoms with van der Waals surface area (Å²) in [6.07, 6.45) is 12.5. The predicted molar refractivity (Wildman–Crippen MR) is 82.3 cm³/mol. The fraction of sp³-hybridized carbons (Fsp3) is 0.214. The molecule has 0 spiro atoms. The Morgan fingerprint density at radius 3 is 3.00 bits per heavy atom. The van der Waals surface area contributed by atoms with Crippen molar-refractivity contribution >= 4 is 17.5 Å². The van der Waals surface area contributed by atoms with Gasteiger partial charge in [-0.05, 0) is 0 Å². The van der Waals surface area contributed by atoms with Crippen molar-refractivity contribution in [1.29, 1.82) is 0 Å². The molecule has 0 aliphatic carbocycles. The SMILES string of the molecule is Cn1cc(C2CN=C3C(Nc4cnccn4)=NC=CN32)cn1. The lowest BCUT2D eigenvalue weighted by Gasteiger charge is -2.26. The third-order valence-electron chi connectivity index (χ3n) is 3.56. The van der Waals surface area contributed by atoms with E-state index in [1.54, 1.807) is 29.5 Å². The molecule has 2 aromatic rings. The lowest BCUT2D eigenvalue weighted by Crippen LogP contribution is -2.37. The molecule has 4 rings (SSSR count). The number of aryl methyl sites for hydroxylation is 1. The Kier molecular flexibility index (Phi) is 2.92. The molecule has 0 radical (unpaired) electrons. The molecular formula is C14H14N8. The van der Waals surface area contributed by atoms with E-state index < -0.39 is 0 Å². The van der Waals surface area contributed by atoms with Crippen molar-refractivity contribution in [3.05, 3.63) is 48.9 Å². The third kappa shape index (κ3) is 2.14. The molecule has 0 aromatic carbocycles. The summed E-state index contributed by atoms with van der Waals surface area (Å²) in [4.78, 5) is 19.3. The van der Waals surface area contributed by atoms with E-state index in [4.69, 9.17) is 0 Å². The number of aromatic nitrogens is 4. The van der Waals surface area contributed by atoms with E-state index in [9.17, 15) is 0 Å². The first kappa shape index (κ1) is 12.7. The molecule has 2 aromatic heterocycles. The molecule has 0 bridgehead atoms. The zero-order valence-electron chi connectivity index (χ0n) is 12.0. The van der Waals surface area contributed by atoms with Crippen molar-refractivity contribution in [2.75, 3.05) is 11.9 Å². The summed E-state index contributed by atoms with van der Waals surface area (Å²) < 4.78 is 1.80. The molecule has 8 heteroatoms. The van der Waals surface area contributed by atoms with Gasteiger partial charge in [-0.15, -0.1) is 0 Å². The van der Waals surface area contributed by atoms with Crippen LogP contribution < -0.4 is 5.32 Å². The number of amidine groups is 2. The second-order valence-electron chi connectivity index (χ2n) is 5.03. The topological polar surface area (TPSA) is 83.6 Å². The van der Waals surface area contributed by atoms with Crippen molar-refractivity contribution in [2.45, 2.75) is 6.04 Å². The second-order valence-corrected chi connectivity index (χ2v) is 5.03. The average Bonchev–Trinajstić information content (AvgIpc) is 3.15. The molecule has 8 nitrogen and oxygen atoms in total. The Bertz CT molecular complexity index is 773. The van der Waals surface area contributed by atoms with Crippen LogP contribution in [0.25, 0.3) is 0 Å². The first-order valence-electron chi connectivity index (χ1n) is 6.90. The van der Waals surface area contributed by atoms with E-state index in [0.29, 0.717) is 18.2 Å². The van der Waals surface area contributed by atoms with E-state index in [1.807, 2.05) is 25.6 Å². The number of nitrogens with zero attached hydrogens (tertiary/aromatic N) is 7. The van der Waals surface area contributed by atoms with Gasteiger partial charge < -0.3 is 10.2 Å². The highest BCUT2D eigenvalue weighted by Gasteiger charge is 2.32. The van der Waals surface area contributed by atoms with E-state index in [2.05, 4.69) is 35.3 Å². The van der Waals surface area contributed by atoms with E-state index in [0.717, 1.165) is 11.4 Å². The van der Waals surface area contributed by atoms with Crippen LogP contribution in [-0.2, 0) is 7.05 Å². The molecule has 1 unspecified atom stereocenters. The van der Waals surface area contributed by atoms with Gasteiger partial charge in [-0.2, -0.15) is 5.10 Å². The van der Waals surface area contributed by atoms with Crippen molar-refractivity contribution in [3.63, 3.8) is 0 Å². The van der Waals surface area contributed by atoms with Gasteiger partial charge in [0, 0.05) is 43.6 Å². The van der Waals surface area contributed by atoms with Gasteiger partial charge in [0.15, 0.2) is 11.7 Å². The van der Waals surface area contributed by atoms with Crippen LogP contribution in [0.1, 0.15) is 11.6 Å². The van der Waals surface area contributed by atoms with Gasteiger partial charge in [-0.25, -0.2) is 9.98 Å². The standard InChI is InChI=1S/C14H14N8/c1-21-9-10(6-19-21)11-7-18-14-13(17-4-5-22(11)14)20-12-8-15-2-3-16-12/h2-6,8-9,11H,7H2,1H3,(H,16,17,20). The fourth-order valence-corrected chi connectivity index (χ4v) is 2.55. The van der Waals surface area contributed by atoms with Gasteiger partial charge in [0.25, 0.3) is 0 Å². The highest BCUT2D eigenvalue weighted by Crippen LogP contribution is 2.28. The first-order valence-corrected chi connectivity index (χ1v) is 6.90. The molecule has 0 saturated heterocycles. The Hall–Kier alpha value is -3.03. The van der Waals surface area contributed by atoms with E-state index in [1.165, 1.54) is 0 Å². The van der Waals surface area contributed by atoms with E-state index >= 15 is 0 Å². The Balaban J connectivity index is 1.58. The number of nitrogens with one attached hydrogen (secondary N) is 1. The van der Waals surface area contributed by atoms with Crippen LogP contribution in [0.15, 0.2) is 53.4 Å². The maximum atomic E-state index is 4.62. The molecule has 4 heterocycles. The van der Waals surface area contributed by atoms with Crippen LogP contribution in [0, 0.1) is 0 Å². The van der Waals surface area contributed by atoms with Gasteiger partial charge in [-0.3, -0.25) is 14.7 Å². The van der Waals surface area contributed by atoms with E-state index in [-0.39, 0.29) is 6.04 Å². The summed E-state index contributed by atoms with van der Waals surface area (Å²) in [7, 11) is 1.91. The zero-order valence-corrected chi connectivity index (χ0v) is 12.0. The molecule has 0 saturated carbocycles. The molecule has 0 amide bonds. The minimum atomic E-state index is 0.147. The minimum Gasteiger partial charge on any atom is -0.321 e. The number of rotatable bonds is 2. The predicted octanol–water partition coefficient (Wildman–Crippen LogP) is 0.961. The summed E-state index contributed by atoms with van der Waals surface area (Å²) in [5.74, 6) is 2.13. The summed E-state index contributed by atoms with van der Waals surface area (Å²) in [5.41, 5.74) is 1.13. The smallest absolute Gasteiger partial charge is 0.175 e. The summed E-state index contributed by atoms with van der Waals surface area (Å²) in [6, 6.07) is 0.147. The van der Waals surface area contributed by atoms with Crippen LogP contribution in [0.5, 0.6) is 0 Å². The van der Waals surface area contributed by atoms with Gasteiger partial charge in [0.2, 0.25) is 0 Å². The van der Waals surface area contributed by atoms with Crippen LogP contribution in [-0.4, -0.2) is 42.9 Å². The van der Waals surface area contributed by atoms with Crippen molar-refractivity contribution < 1.29 is 0 Å². The number of hydrogen-bond donors (Lipinski definition) is 1. The Labute approximate surface area is 126 Å². The van der Waals surface area contributed by atoms with Crippen LogP contribution in [0.3, 0.4) is 0 Å². The molecular weight excluding hydrogens is 280 g/mol. The zero-order chi connectivity index (χ0) is 14.9. The van der Waals surface area contributed by atoms with Gasteiger partial charge >= 0.3 is 0 Å². The Morgan fingerprint density at radius 2 is 2.23 bits per heavy atom. The molecule has 0 fully saturated rings. The molecule has 110 valence electrons. The number of anilines is 1. The maximum absolute atomic E-state index is 4.62. The van der Waals surface area contributed by atoms with Crippen LogP contribution in [0.2, 0.25) is 0 Å². The third-order valence-corrected chi connectivity index (χ3v) is 3.56. The van der Waals surface area contributed by atoms with Crippen molar-refractivity contribution in [2.24, 2.45) is 17.0 Å². The fourth-order valence-electron chi connectivity index (χ4n) is 2.55. The minimum absolute atomic E-state index is 0.147. The molecule has 1 atom stereocenters. The van der Waals surface area contributed by atoms with Gasteiger partial charge in [-0.1, -0.05) is 0 Å². The van der Waals surface area contributed by atoms with Crippen molar-refractivity contribution in [1.82, 2.24) is 24.6 Å². The average molecular weight is 294 g/mol. The number of fused-ring (bicyclic) bond motifs is 1. The summed E-state index contributed by atoms with van der Waals surface area (Å²) in [5, 5.41) is 7.40. The lowest BCUT2D eigenvalue weighted by atomic mass is 10.1. The Morgan fingerprint density at radius 1 is 1.27 bits per heavy atom. The van der Waals surface area contributed by atoms with Crippen LogP contribution >= 0.6 is 0 Å². The first-order chi connectivity index (χ1) is 10.8. The molecule has 2 aliphatic heterocycles. The maximum Gasteiger partial charge on any atom is 0.175 e.